The van der Waals surface area contributed by atoms with Gasteiger partial charge in [-0.3, -0.25) is 11.3 Å². The zero-order chi connectivity index (χ0) is 8.27. The Bertz CT molecular complexity index is 104. The summed E-state index contributed by atoms with van der Waals surface area (Å²) in [6.07, 6.45) is 5.23. The van der Waals surface area contributed by atoms with Crippen molar-refractivity contribution in [1.29, 1.82) is 0 Å². The molecule has 1 rings (SSSR count). The number of nitrogens with two attached hydrogens (primary N) is 1. The smallest absolute Gasteiger partial charge is 0.0210 e. The summed E-state index contributed by atoms with van der Waals surface area (Å²) in [5.74, 6) is 7.17. The van der Waals surface area contributed by atoms with Crippen molar-refractivity contribution in [1.82, 2.24) is 5.43 Å². The van der Waals surface area contributed by atoms with Crippen LogP contribution in [0.3, 0.4) is 0 Å². The van der Waals surface area contributed by atoms with Crippen LogP contribution in [0.5, 0.6) is 0 Å². The van der Waals surface area contributed by atoms with Gasteiger partial charge in [0.1, 0.15) is 0 Å². The van der Waals surface area contributed by atoms with Crippen LogP contribution in [0.1, 0.15) is 39.5 Å². The number of rotatable bonds is 2. The maximum absolute atomic E-state index is 5.37. The van der Waals surface area contributed by atoms with Crippen LogP contribution in [0.15, 0.2) is 0 Å². The molecule has 0 radical (unpaired) electrons. The van der Waals surface area contributed by atoms with Gasteiger partial charge < -0.3 is 0 Å². The lowest BCUT2D eigenvalue weighted by atomic mass is 9.80. The van der Waals surface area contributed by atoms with Crippen molar-refractivity contribution in [2.75, 3.05) is 0 Å². The zero-order valence-corrected chi connectivity index (χ0v) is 7.64. The van der Waals surface area contributed by atoms with Crippen molar-refractivity contribution >= 4 is 0 Å². The molecule has 0 aromatic carbocycles. The van der Waals surface area contributed by atoms with Gasteiger partial charge in [0.05, 0.1) is 0 Å². The third-order valence-electron chi connectivity index (χ3n) is 2.95. The van der Waals surface area contributed by atoms with Crippen molar-refractivity contribution < 1.29 is 0 Å². The van der Waals surface area contributed by atoms with Crippen LogP contribution in [0.25, 0.3) is 0 Å². The lowest BCUT2D eigenvalue weighted by Gasteiger charge is -2.30. The number of hydrogen-bond donors (Lipinski definition) is 2. The monoisotopic (exact) mass is 156 g/mol. The quantitative estimate of drug-likeness (QED) is 0.471. The molecule has 0 aromatic rings. The molecule has 3 N–H and O–H groups in total. The molecule has 2 heteroatoms. The van der Waals surface area contributed by atoms with Crippen LogP contribution in [0, 0.1) is 11.8 Å². The van der Waals surface area contributed by atoms with Gasteiger partial charge >= 0.3 is 0 Å². The molecule has 0 saturated heterocycles. The topological polar surface area (TPSA) is 38.0 Å². The minimum atomic E-state index is 0.588. The normalized spacial score (nSPS) is 32.7. The Morgan fingerprint density at radius 2 is 1.73 bits per heavy atom. The molecular formula is C9H20N2. The molecule has 2 nitrogen and oxygen atoms in total. The fraction of sp³-hybridized carbons (Fsp3) is 1.00. The zero-order valence-electron chi connectivity index (χ0n) is 7.64. The predicted molar refractivity (Wildman–Crippen MR) is 47.9 cm³/mol. The summed E-state index contributed by atoms with van der Waals surface area (Å²) in [5.41, 5.74) is 2.86. The Morgan fingerprint density at radius 1 is 1.18 bits per heavy atom. The van der Waals surface area contributed by atoms with Crippen LogP contribution in [-0.4, -0.2) is 6.04 Å². The van der Waals surface area contributed by atoms with E-state index in [1.165, 1.54) is 25.7 Å². The first kappa shape index (κ1) is 9.01. The van der Waals surface area contributed by atoms with Crippen LogP contribution >= 0.6 is 0 Å². The molecule has 0 bridgehead atoms. The molecule has 1 saturated carbocycles. The predicted octanol–water partition coefficient (Wildman–Crippen LogP) is 1.66. The van der Waals surface area contributed by atoms with E-state index in [0.717, 1.165) is 11.8 Å². The van der Waals surface area contributed by atoms with Gasteiger partial charge in [-0.1, -0.05) is 13.8 Å². The van der Waals surface area contributed by atoms with E-state index in [9.17, 15) is 0 Å². The first-order chi connectivity index (χ1) is 5.24. The number of hydrazine groups is 1. The van der Waals surface area contributed by atoms with Crippen LogP contribution in [-0.2, 0) is 0 Å². The Labute approximate surface area is 69.5 Å². The largest absolute Gasteiger partial charge is 0.271 e. The Kier molecular flexibility index (Phi) is 3.34. The fourth-order valence-corrected chi connectivity index (χ4v) is 1.95. The van der Waals surface area contributed by atoms with Crippen molar-refractivity contribution in [2.24, 2.45) is 17.7 Å². The molecule has 0 spiro atoms. The fourth-order valence-electron chi connectivity index (χ4n) is 1.95. The van der Waals surface area contributed by atoms with Gasteiger partial charge in [0.25, 0.3) is 0 Å². The highest BCUT2D eigenvalue weighted by Gasteiger charge is 2.21. The summed E-state index contributed by atoms with van der Waals surface area (Å²) in [6.45, 7) is 4.64. The molecule has 0 aliphatic heterocycles. The van der Waals surface area contributed by atoms with Gasteiger partial charge in [0.2, 0.25) is 0 Å². The van der Waals surface area contributed by atoms with Crippen LogP contribution < -0.4 is 11.3 Å². The standard InChI is InChI=1S/C9H20N2/c1-7(2)8-3-5-9(11-10)6-4-8/h7-9,11H,3-6,10H2,1-2H3. The van der Waals surface area contributed by atoms with Gasteiger partial charge in [0.15, 0.2) is 0 Å². The van der Waals surface area contributed by atoms with Crippen molar-refractivity contribution in [3.05, 3.63) is 0 Å². The molecule has 1 aliphatic rings. The highest BCUT2D eigenvalue weighted by molar-refractivity contribution is 4.76. The van der Waals surface area contributed by atoms with Gasteiger partial charge in [0, 0.05) is 6.04 Å². The summed E-state index contributed by atoms with van der Waals surface area (Å²) >= 11 is 0. The molecule has 0 amide bonds. The van der Waals surface area contributed by atoms with Gasteiger partial charge in [-0.15, -0.1) is 0 Å². The maximum atomic E-state index is 5.37. The molecule has 1 aliphatic carbocycles. The minimum Gasteiger partial charge on any atom is -0.271 e. The van der Waals surface area contributed by atoms with E-state index in [2.05, 4.69) is 19.3 Å². The average Bonchev–Trinajstić information content (AvgIpc) is 2.05. The second-order valence-corrected chi connectivity index (χ2v) is 4.02. The highest BCUT2D eigenvalue weighted by atomic mass is 15.2. The van der Waals surface area contributed by atoms with E-state index in [1.54, 1.807) is 0 Å². The summed E-state index contributed by atoms with van der Waals surface area (Å²) in [5, 5.41) is 0. The Hall–Kier alpha value is -0.0800. The third kappa shape index (κ3) is 2.46. The molecule has 0 heterocycles. The van der Waals surface area contributed by atoms with E-state index in [0.29, 0.717) is 6.04 Å². The van der Waals surface area contributed by atoms with E-state index in [1.807, 2.05) is 0 Å². The summed E-state index contributed by atoms with van der Waals surface area (Å²) in [4.78, 5) is 0. The summed E-state index contributed by atoms with van der Waals surface area (Å²) < 4.78 is 0. The second-order valence-electron chi connectivity index (χ2n) is 4.02. The lowest BCUT2D eigenvalue weighted by molar-refractivity contribution is 0.240. The van der Waals surface area contributed by atoms with Gasteiger partial charge in [-0.2, -0.15) is 0 Å². The maximum Gasteiger partial charge on any atom is 0.0210 e. The molecule has 11 heavy (non-hydrogen) atoms. The number of nitrogens with one attached hydrogen (secondary N) is 1. The average molecular weight is 156 g/mol. The minimum absolute atomic E-state index is 0.588. The Morgan fingerprint density at radius 3 is 2.09 bits per heavy atom. The van der Waals surface area contributed by atoms with Crippen LogP contribution in [0.4, 0.5) is 0 Å². The molecule has 0 atom stereocenters. The Balaban J connectivity index is 2.24. The van der Waals surface area contributed by atoms with E-state index in [-0.39, 0.29) is 0 Å². The lowest BCUT2D eigenvalue weighted by Crippen LogP contribution is -2.38. The first-order valence-corrected chi connectivity index (χ1v) is 4.70. The molecular weight excluding hydrogens is 136 g/mol. The summed E-state index contributed by atoms with van der Waals surface area (Å²) in [6, 6.07) is 0.588. The van der Waals surface area contributed by atoms with E-state index in [4.69, 9.17) is 5.84 Å². The van der Waals surface area contributed by atoms with E-state index >= 15 is 0 Å². The summed E-state index contributed by atoms with van der Waals surface area (Å²) in [7, 11) is 0. The highest BCUT2D eigenvalue weighted by Crippen LogP contribution is 2.29. The second kappa shape index (κ2) is 4.07. The first-order valence-electron chi connectivity index (χ1n) is 4.70. The molecule has 0 aromatic heterocycles. The molecule has 1 fully saturated rings. The molecule has 66 valence electrons. The van der Waals surface area contributed by atoms with Crippen molar-refractivity contribution in [2.45, 2.75) is 45.6 Å². The van der Waals surface area contributed by atoms with Crippen molar-refractivity contribution in [3.63, 3.8) is 0 Å². The van der Waals surface area contributed by atoms with E-state index < -0.39 is 0 Å². The SMILES string of the molecule is CC(C)C1CCC(NN)CC1. The van der Waals surface area contributed by atoms with Crippen molar-refractivity contribution in [3.8, 4) is 0 Å². The third-order valence-corrected chi connectivity index (χ3v) is 2.95. The van der Waals surface area contributed by atoms with Gasteiger partial charge in [-0.05, 0) is 37.5 Å². The van der Waals surface area contributed by atoms with Gasteiger partial charge in [-0.25, -0.2) is 0 Å². The molecule has 0 unspecified atom stereocenters. The van der Waals surface area contributed by atoms with Crippen LogP contribution in [0.2, 0.25) is 0 Å². The number of hydrogen-bond acceptors (Lipinski definition) is 2.